The molecule has 1 saturated heterocycles. The van der Waals surface area contributed by atoms with Crippen molar-refractivity contribution in [2.24, 2.45) is 4.99 Å². The first kappa shape index (κ1) is 26.0. The molecule has 1 aliphatic rings. The maximum Gasteiger partial charge on any atom is 0.191 e. The molecule has 1 heterocycles. The predicted octanol–water partition coefficient (Wildman–Crippen LogP) is 3.82. The Morgan fingerprint density at radius 2 is 1.79 bits per heavy atom. The maximum absolute atomic E-state index is 5.31. The Kier molecular flexibility index (Phi) is 14.1. The van der Waals surface area contributed by atoms with Gasteiger partial charge in [-0.25, -0.2) is 0 Å². The second-order valence-electron chi connectivity index (χ2n) is 7.23. The first-order valence-electron chi connectivity index (χ1n) is 10.7. The average Bonchev–Trinajstić information content (AvgIpc) is 3.25. The predicted molar refractivity (Wildman–Crippen MR) is 132 cm³/mol. The number of nitrogens with zero attached hydrogens (tertiary/aromatic N) is 2. The Labute approximate surface area is 193 Å². The van der Waals surface area contributed by atoms with Crippen molar-refractivity contribution in [3.8, 4) is 5.75 Å². The average molecular weight is 518 g/mol. The number of rotatable bonds is 12. The summed E-state index contributed by atoms with van der Waals surface area (Å²) in [6, 6.07) is 8.75. The zero-order valence-electron chi connectivity index (χ0n) is 18.3. The van der Waals surface area contributed by atoms with Gasteiger partial charge in [-0.15, -0.1) is 24.0 Å². The van der Waals surface area contributed by atoms with Crippen LogP contribution in [0.3, 0.4) is 0 Å². The Balaban J connectivity index is 0.00000420. The lowest BCUT2D eigenvalue weighted by Gasteiger charge is -2.27. The molecular weight excluding hydrogens is 479 g/mol. The summed E-state index contributed by atoms with van der Waals surface area (Å²) in [5, 5.41) is 6.85. The van der Waals surface area contributed by atoms with Gasteiger partial charge in [0.25, 0.3) is 0 Å². The smallest absolute Gasteiger partial charge is 0.191 e. The Morgan fingerprint density at radius 3 is 2.41 bits per heavy atom. The van der Waals surface area contributed by atoms with Gasteiger partial charge < -0.3 is 20.1 Å². The van der Waals surface area contributed by atoms with E-state index in [1.165, 1.54) is 24.8 Å². The van der Waals surface area contributed by atoms with Crippen molar-refractivity contribution in [1.29, 1.82) is 0 Å². The van der Waals surface area contributed by atoms with Crippen molar-refractivity contribution in [2.75, 3.05) is 53.6 Å². The SMILES string of the molecule is CCNC(=NCC(c1ccc(OC)cc1)N1CCCC1)NCCCCCOC.I. The fourth-order valence-electron chi connectivity index (χ4n) is 3.59. The molecule has 7 heteroatoms. The van der Waals surface area contributed by atoms with E-state index in [4.69, 9.17) is 14.5 Å². The summed E-state index contributed by atoms with van der Waals surface area (Å²) in [4.78, 5) is 7.46. The molecule has 1 aromatic carbocycles. The molecule has 0 aromatic heterocycles. The molecule has 1 unspecified atom stereocenters. The van der Waals surface area contributed by atoms with Gasteiger partial charge in [-0.05, 0) is 69.8 Å². The maximum atomic E-state index is 5.31. The van der Waals surface area contributed by atoms with Crippen molar-refractivity contribution in [1.82, 2.24) is 15.5 Å². The zero-order chi connectivity index (χ0) is 20.0. The van der Waals surface area contributed by atoms with E-state index in [1.54, 1.807) is 14.2 Å². The van der Waals surface area contributed by atoms with Gasteiger partial charge in [-0.3, -0.25) is 9.89 Å². The fourth-order valence-corrected chi connectivity index (χ4v) is 3.59. The number of aliphatic imine (C=N–C) groups is 1. The lowest BCUT2D eigenvalue weighted by molar-refractivity contribution is 0.192. The van der Waals surface area contributed by atoms with E-state index in [0.29, 0.717) is 6.04 Å². The Bertz CT molecular complexity index is 562. The second kappa shape index (κ2) is 15.7. The number of hydrogen-bond donors (Lipinski definition) is 2. The monoisotopic (exact) mass is 518 g/mol. The van der Waals surface area contributed by atoms with Crippen LogP contribution in [0.15, 0.2) is 29.3 Å². The highest BCUT2D eigenvalue weighted by Crippen LogP contribution is 2.27. The van der Waals surface area contributed by atoms with Crippen LogP contribution in [-0.2, 0) is 4.74 Å². The third kappa shape index (κ3) is 9.53. The molecule has 1 aliphatic heterocycles. The lowest BCUT2D eigenvalue weighted by atomic mass is 10.1. The van der Waals surface area contributed by atoms with Crippen LogP contribution in [-0.4, -0.2) is 64.4 Å². The van der Waals surface area contributed by atoms with Gasteiger partial charge in [-0.1, -0.05) is 12.1 Å². The minimum atomic E-state index is 0. The fraction of sp³-hybridized carbons (Fsp3) is 0.682. The number of halogens is 1. The second-order valence-corrected chi connectivity index (χ2v) is 7.23. The highest BCUT2D eigenvalue weighted by atomic mass is 127. The van der Waals surface area contributed by atoms with Crippen LogP contribution in [0.5, 0.6) is 5.75 Å². The third-order valence-corrected chi connectivity index (χ3v) is 5.17. The normalized spacial score (nSPS) is 15.6. The molecule has 1 fully saturated rings. The molecule has 0 spiro atoms. The molecule has 0 amide bonds. The number of guanidine groups is 1. The van der Waals surface area contributed by atoms with Gasteiger partial charge in [0.2, 0.25) is 0 Å². The molecule has 2 rings (SSSR count). The van der Waals surface area contributed by atoms with Gasteiger partial charge in [0.05, 0.1) is 19.7 Å². The number of nitrogens with one attached hydrogen (secondary N) is 2. The van der Waals surface area contributed by atoms with E-state index in [-0.39, 0.29) is 24.0 Å². The van der Waals surface area contributed by atoms with E-state index < -0.39 is 0 Å². The highest BCUT2D eigenvalue weighted by Gasteiger charge is 2.23. The summed E-state index contributed by atoms with van der Waals surface area (Å²) < 4.78 is 10.4. The Morgan fingerprint density at radius 1 is 1.07 bits per heavy atom. The zero-order valence-corrected chi connectivity index (χ0v) is 20.6. The van der Waals surface area contributed by atoms with Crippen molar-refractivity contribution < 1.29 is 9.47 Å². The molecule has 29 heavy (non-hydrogen) atoms. The number of ether oxygens (including phenoxy) is 2. The summed E-state index contributed by atoms with van der Waals surface area (Å²) >= 11 is 0. The highest BCUT2D eigenvalue weighted by molar-refractivity contribution is 14.0. The van der Waals surface area contributed by atoms with Crippen molar-refractivity contribution in [2.45, 2.75) is 45.1 Å². The van der Waals surface area contributed by atoms with Gasteiger partial charge in [0.15, 0.2) is 5.96 Å². The summed E-state index contributed by atoms with van der Waals surface area (Å²) in [5.74, 6) is 1.81. The minimum absolute atomic E-state index is 0. The molecule has 0 saturated carbocycles. The van der Waals surface area contributed by atoms with Crippen LogP contribution in [0, 0.1) is 0 Å². The molecule has 6 nitrogen and oxygen atoms in total. The van der Waals surface area contributed by atoms with E-state index >= 15 is 0 Å². The van der Waals surface area contributed by atoms with Crippen LogP contribution in [0.2, 0.25) is 0 Å². The van der Waals surface area contributed by atoms with Gasteiger partial charge in [-0.2, -0.15) is 0 Å². The van der Waals surface area contributed by atoms with Crippen LogP contribution in [0.1, 0.15) is 50.6 Å². The number of methoxy groups -OCH3 is 2. The molecule has 1 atom stereocenters. The first-order valence-corrected chi connectivity index (χ1v) is 10.7. The first-order chi connectivity index (χ1) is 13.8. The van der Waals surface area contributed by atoms with E-state index in [0.717, 1.165) is 63.9 Å². The van der Waals surface area contributed by atoms with E-state index in [2.05, 4.69) is 34.6 Å². The van der Waals surface area contributed by atoms with E-state index in [1.807, 2.05) is 12.1 Å². The van der Waals surface area contributed by atoms with Crippen molar-refractivity contribution >= 4 is 29.9 Å². The van der Waals surface area contributed by atoms with Gasteiger partial charge in [0.1, 0.15) is 5.75 Å². The summed E-state index contributed by atoms with van der Waals surface area (Å²) in [6.07, 6.45) is 5.96. The van der Waals surface area contributed by atoms with Crippen molar-refractivity contribution in [3.63, 3.8) is 0 Å². The van der Waals surface area contributed by atoms with Crippen LogP contribution < -0.4 is 15.4 Å². The number of likely N-dealkylation sites (tertiary alicyclic amines) is 1. The molecule has 166 valence electrons. The summed E-state index contributed by atoms with van der Waals surface area (Å²) in [6.45, 7) is 7.81. The molecule has 0 radical (unpaired) electrons. The number of hydrogen-bond acceptors (Lipinski definition) is 4. The molecule has 2 N–H and O–H groups in total. The topological polar surface area (TPSA) is 58.1 Å². The molecule has 1 aromatic rings. The number of unbranched alkanes of at least 4 members (excludes halogenated alkanes) is 2. The molecule has 0 aliphatic carbocycles. The van der Waals surface area contributed by atoms with Crippen LogP contribution >= 0.6 is 24.0 Å². The minimum Gasteiger partial charge on any atom is -0.497 e. The molecule has 0 bridgehead atoms. The summed E-state index contributed by atoms with van der Waals surface area (Å²) in [7, 11) is 3.47. The standard InChI is InChI=1S/C22H38N4O2.HI/c1-4-23-22(24-14-6-5-9-17-27-2)25-18-21(26-15-7-8-16-26)19-10-12-20(28-3)13-11-19;/h10-13,21H,4-9,14-18H2,1-3H3,(H2,23,24,25);1H. The van der Waals surface area contributed by atoms with E-state index in [9.17, 15) is 0 Å². The van der Waals surface area contributed by atoms with Crippen LogP contribution in [0.25, 0.3) is 0 Å². The number of benzene rings is 1. The van der Waals surface area contributed by atoms with Gasteiger partial charge >= 0.3 is 0 Å². The molecular formula is C22H39IN4O2. The quantitative estimate of drug-likeness (QED) is 0.191. The lowest BCUT2D eigenvalue weighted by Crippen LogP contribution is -2.38. The van der Waals surface area contributed by atoms with Crippen LogP contribution in [0.4, 0.5) is 0 Å². The summed E-state index contributed by atoms with van der Waals surface area (Å²) in [5.41, 5.74) is 1.31. The van der Waals surface area contributed by atoms with Gasteiger partial charge in [0, 0.05) is 26.8 Å². The van der Waals surface area contributed by atoms with Crippen molar-refractivity contribution in [3.05, 3.63) is 29.8 Å². The largest absolute Gasteiger partial charge is 0.497 e. The third-order valence-electron chi connectivity index (χ3n) is 5.17. The Hall–Kier alpha value is -1.06.